The van der Waals surface area contributed by atoms with Crippen LogP contribution in [0.5, 0.6) is 5.75 Å². The second-order valence-electron chi connectivity index (χ2n) is 4.28. The van der Waals surface area contributed by atoms with Gasteiger partial charge < -0.3 is 9.26 Å². The van der Waals surface area contributed by atoms with Crippen molar-refractivity contribution in [3.05, 3.63) is 41.2 Å². The summed E-state index contributed by atoms with van der Waals surface area (Å²) in [5.74, 6) is 2.61. The number of thioether (sulfide) groups is 1. The third-order valence-electron chi connectivity index (χ3n) is 2.73. The van der Waals surface area contributed by atoms with E-state index in [1.165, 1.54) is 0 Å². The monoisotopic (exact) mass is 319 g/mol. The molecule has 0 saturated carbocycles. The first kappa shape index (κ1) is 14.1. The van der Waals surface area contributed by atoms with Crippen LogP contribution in [0.25, 0.3) is 11.4 Å². The zero-order valence-corrected chi connectivity index (χ0v) is 13.2. The van der Waals surface area contributed by atoms with Crippen molar-refractivity contribution in [2.24, 2.45) is 0 Å². The van der Waals surface area contributed by atoms with Crippen LogP contribution >= 0.6 is 23.1 Å². The third kappa shape index (κ3) is 3.43. The number of hydrogen-bond donors (Lipinski definition) is 0. The van der Waals surface area contributed by atoms with E-state index in [1.54, 1.807) is 30.2 Å². The highest BCUT2D eigenvalue weighted by atomic mass is 32.2. The summed E-state index contributed by atoms with van der Waals surface area (Å²) in [4.78, 5) is 8.78. The molecule has 5 nitrogen and oxygen atoms in total. The Bertz CT molecular complexity index is 722. The van der Waals surface area contributed by atoms with Crippen LogP contribution in [0.15, 0.2) is 38.5 Å². The van der Waals surface area contributed by atoms with Gasteiger partial charge in [-0.3, -0.25) is 0 Å². The Hall–Kier alpha value is -1.86. The largest absolute Gasteiger partial charge is 0.497 e. The van der Waals surface area contributed by atoms with E-state index in [1.807, 2.05) is 36.6 Å². The highest BCUT2D eigenvalue weighted by Gasteiger charge is 2.10. The number of hydrogen-bond acceptors (Lipinski definition) is 7. The van der Waals surface area contributed by atoms with Gasteiger partial charge in [0.2, 0.25) is 11.7 Å². The number of nitrogens with zero attached hydrogens (tertiary/aromatic N) is 3. The summed E-state index contributed by atoms with van der Waals surface area (Å²) >= 11 is 3.22. The second-order valence-corrected chi connectivity index (χ2v) is 6.36. The number of rotatable bonds is 5. The fraction of sp³-hybridized carbons (Fsp3) is 0.214. The van der Waals surface area contributed by atoms with Gasteiger partial charge in [-0.05, 0) is 31.2 Å². The Morgan fingerprint density at radius 1 is 1.24 bits per heavy atom. The van der Waals surface area contributed by atoms with Crippen molar-refractivity contribution in [2.45, 2.75) is 17.0 Å². The van der Waals surface area contributed by atoms with Gasteiger partial charge in [0, 0.05) is 16.6 Å². The molecule has 3 rings (SSSR count). The van der Waals surface area contributed by atoms with Crippen molar-refractivity contribution in [2.75, 3.05) is 7.11 Å². The van der Waals surface area contributed by atoms with E-state index in [0.717, 1.165) is 21.3 Å². The second kappa shape index (κ2) is 6.28. The van der Waals surface area contributed by atoms with E-state index in [0.29, 0.717) is 17.5 Å². The van der Waals surface area contributed by atoms with Crippen molar-refractivity contribution in [3.63, 3.8) is 0 Å². The summed E-state index contributed by atoms with van der Waals surface area (Å²) in [7, 11) is 1.64. The topological polar surface area (TPSA) is 61.0 Å². The van der Waals surface area contributed by atoms with Gasteiger partial charge >= 0.3 is 0 Å². The fourth-order valence-electron chi connectivity index (χ4n) is 1.69. The number of aromatic nitrogens is 3. The molecule has 21 heavy (non-hydrogen) atoms. The van der Waals surface area contributed by atoms with E-state index in [2.05, 4.69) is 15.1 Å². The molecule has 0 unspecified atom stereocenters. The van der Waals surface area contributed by atoms with Crippen LogP contribution in [0.4, 0.5) is 0 Å². The fourth-order valence-corrected chi connectivity index (χ4v) is 3.38. The molecule has 0 aliphatic rings. The molecule has 1 aromatic carbocycles. The molecule has 0 saturated heterocycles. The number of ether oxygens (including phenoxy) is 1. The van der Waals surface area contributed by atoms with Gasteiger partial charge in [-0.25, -0.2) is 4.98 Å². The Kier molecular flexibility index (Phi) is 4.21. The summed E-state index contributed by atoms with van der Waals surface area (Å²) in [6, 6.07) is 7.56. The van der Waals surface area contributed by atoms with Gasteiger partial charge in [-0.2, -0.15) is 4.98 Å². The van der Waals surface area contributed by atoms with E-state index < -0.39 is 0 Å². The van der Waals surface area contributed by atoms with Crippen LogP contribution in [0.1, 0.15) is 11.6 Å². The van der Waals surface area contributed by atoms with Crippen LogP contribution in [0.2, 0.25) is 0 Å². The molecule has 0 fully saturated rings. The molecule has 0 radical (unpaired) electrons. The molecular weight excluding hydrogens is 306 g/mol. The minimum Gasteiger partial charge on any atom is -0.497 e. The van der Waals surface area contributed by atoms with Crippen LogP contribution in [-0.4, -0.2) is 22.2 Å². The zero-order chi connectivity index (χ0) is 14.7. The summed E-state index contributed by atoms with van der Waals surface area (Å²) in [5, 5.41) is 6.03. The molecule has 0 N–H and O–H groups in total. The van der Waals surface area contributed by atoms with E-state index in [9.17, 15) is 0 Å². The SMILES string of the molecule is COc1ccc(-c2noc(CSc3nc(C)cs3)n2)cc1. The van der Waals surface area contributed by atoms with Crippen molar-refractivity contribution >= 4 is 23.1 Å². The van der Waals surface area contributed by atoms with E-state index >= 15 is 0 Å². The highest BCUT2D eigenvalue weighted by Crippen LogP contribution is 2.26. The molecule has 2 heterocycles. The van der Waals surface area contributed by atoms with Crippen LogP contribution < -0.4 is 4.74 Å². The molecular formula is C14H13N3O2S2. The molecule has 0 spiro atoms. The Morgan fingerprint density at radius 3 is 2.71 bits per heavy atom. The predicted molar refractivity (Wildman–Crippen MR) is 82.7 cm³/mol. The van der Waals surface area contributed by atoms with Gasteiger partial charge in [0.1, 0.15) is 5.75 Å². The highest BCUT2D eigenvalue weighted by molar-refractivity contribution is 8.00. The maximum absolute atomic E-state index is 5.27. The smallest absolute Gasteiger partial charge is 0.237 e. The Morgan fingerprint density at radius 2 is 2.05 bits per heavy atom. The standard InChI is InChI=1S/C14H13N3O2S2/c1-9-7-20-14(15-9)21-8-12-16-13(17-19-12)10-3-5-11(18-2)6-4-10/h3-7H,8H2,1-2H3. The van der Waals surface area contributed by atoms with Crippen molar-refractivity contribution in [1.82, 2.24) is 15.1 Å². The average molecular weight is 319 g/mol. The van der Waals surface area contributed by atoms with Gasteiger partial charge in [0.05, 0.1) is 12.9 Å². The first-order valence-corrected chi connectivity index (χ1v) is 8.13. The molecule has 0 bridgehead atoms. The normalized spacial score (nSPS) is 10.8. The van der Waals surface area contributed by atoms with Crippen LogP contribution in [0.3, 0.4) is 0 Å². The Balaban J connectivity index is 1.67. The number of thiazole rings is 1. The van der Waals surface area contributed by atoms with Gasteiger partial charge in [-0.1, -0.05) is 16.9 Å². The van der Waals surface area contributed by atoms with Crippen LogP contribution in [-0.2, 0) is 5.75 Å². The van der Waals surface area contributed by atoms with Gasteiger partial charge in [0.15, 0.2) is 4.34 Å². The summed E-state index contributed by atoms with van der Waals surface area (Å²) in [5.41, 5.74) is 1.94. The minimum absolute atomic E-state index is 0.587. The molecule has 0 aliphatic heterocycles. The molecule has 7 heteroatoms. The van der Waals surface area contributed by atoms with Crippen molar-refractivity contribution in [3.8, 4) is 17.1 Å². The lowest BCUT2D eigenvalue weighted by atomic mass is 10.2. The minimum atomic E-state index is 0.587. The van der Waals surface area contributed by atoms with E-state index in [-0.39, 0.29) is 0 Å². The molecule has 0 aliphatic carbocycles. The lowest BCUT2D eigenvalue weighted by molar-refractivity contribution is 0.391. The maximum atomic E-state index is 5.27. The maximum Gasteiger partial charge on any atom is 0.237 e. The number of benzene rings is 1. The number of methoxy groups -OCH3 is 1. The lowest BCUT2D eigenvalue weighted by Gasteiger charge is -1.98. The van der Waals surface area contributed by atoms with Crippen LogP contribution in [0, 0.1) is 6.92 Å². The van der Waals surface area contributed by atoms with E-state index in [4.69, 9.17) is 9.26 Å². The molecule has 0 atom stereocenters. The van der Waals surface area contributed by atoms with Crippen molar-refractivity contribution in [1.29, 1.82) is 0 Å². The van der Waals surface area contributed by atoms with Gasteiger partial charge in [0.25, 0.3) is 0 Å². The summed E-state index contributed by atoms with van der Waals surface area (Å²) in [6.45, 7) is 1.98. The quantitative estimate of drug-likeness (QED) is 0.667. The Labute approximate surface area is 130 Å². The molecule has 108 valence electrons. The average Bonchev–Trinajstić information content (AvgIpc) is 3.14. The molecule has 3 aromatic rings. The van der Waals surface area contributed by atoms with Gasteiger partial charge in [-0.15, -0.1) is 11.3 Å². The lowest BCUT2D eigenvalue weighted by Crippen LogP contribution is -1.85. The summed E-state index contributed by atoms with van der Waals surface area (Å²) in [6.07, 6.45) is 0. The third-order valence-corrected chi connectivity index (χ3v) is 4.86. The summed E-state index contributed by atoms with van der Waals surface area (Å²) < 4.78 is 11.4. The predicted octanol–water partition coefficient (Wildman–Crippen LogP) is 3.80. The van der Waals surface area contributed by atoms with Crippen molar-refractivity contribution < 1.29 is 9.26 Å². The zero-order valence-electron chi connectivity index (χ0n) is 11.6. The first-order valence-electron chi connectivity index (χ1n) is 6.26. The molecule has 2 aromatic heterocycles. The number of aryl methyl sites for hydroxylation is 1. The first-order chi connectivity index (χ1) is 10.2. The molecule has 0 amide bonds.